The molecule has 4 N–H and O–H groups in total. The number of aromatic amines is 1. The summed E-state index contributed by atoms with van der Waals surface area (Å²) < 4.78 is 0. The van der Waals surface area contributed by atoms with E-state index in [1.54, 1.807) is 42.4 Å². The number of amides is 1. The number of hydrogen-bond acceptors (Lipinski definition) is 4. The highest BCUT2D eigenvalue weighted by atomic mass is 35.5. The average Bonchev–Trinajstić information content (AvgIpc) is 3.14. The van der Waals surface area contributed by atoms with Crippen LogP contribution < -0.4 is 11.1 Å². The smallest absolute Gasteiger partial charge is 0.272 e. The molecule has 0 aliphatic heterocycles. The van der Waals surface area contributed by atoms with Crippen LogP contribution in [0.3, 0.4) is 0 Å². The van der Waals surface area contributed by atoms with Crippen molar-refractivity contribution in [3.05, 3.63) is 83.3 Å². The van der Waals surface area contributed by atoms with Crippen molar-refractivity contribution in [1.82, 2.24) is 9.97 Å². The molecule has 2 aromatic carbocycles. The first-order valence-corrected chi connectivity index (χ1v) is 9.97. The maximum atomic E-state index is 12.8. The fourth-order valence-electron chi connectivity index (χ4n) is 2.87. The van der Waals surface area contributed by atoms with Gasteiger partial charge in [0, 0.05) is 50.3 Å². The summed E-state index contributed by atoms with van der Waals surface area (Å²) in [5, 5.41) is 4.42. The molecule has 0 bridgehead atoms. The van der Waals surface area contributed by atoms with Gasteiger partial charge in [-0.3, -0.25) is 9.78 Å². The van der Waals surface area contributed by atoms with Crippen LogP contribution in [0.2, 0.25) is 5.02 Å². The molecule has 4 aromatic rings. The van der Waals surface area contributed by atoms with E-state index in [0.717, 1.165) is 27.0 Å². The maximum absolute atomic E-state index is 12.8. The molecule has 0 atom stereocenters. The number of anilines is 2. The molecule has 0 radical (unpaired) electrons. The summed E-state index contributed by atoms with van der Waals surface area (Å²) in [6.45, 7) is 0. The lowest BCUT2D eigenvalue weighted by Gasteiger charge is -2.11. The van der Waals surface area contributed by atoms with E-state index in [1.807, 2.05) is 36.4 Å². The topological polar surface area (TPSA) is 83.8 Å². The predicted molar refractivity (Wildman–Crippen MR) is 116 cm³/mol. The van der Waals surface area contributed by atoms with Crippen LogP contribution in [0.15, 0.2) is 71.9 Å². The van der Waals surface area contributed by atoms with Crippen LogP contribution in [-0.4, -0.2) is 15.9 Å². The fraction of sp³-hybridized carbons (Fsp3) is 0.0476. The van der Waals surface area contributed by atoms with Gasteiger partial charge >= 0.3 is 0 Å². The van der Waals surface area contributed by atoms with Gasteiger partial charge in [0.1, 0.15) is 5.69 Å². The Morgan fingerprint density at radius 1 is 1.18 bits per heavy atom. The number of thioether (sulfide) groups is 1. The second-order valence-electron chi connectivity index (χ2n) is 6.20. The highest BCUT2D eigenvalue weighted by molar-refractivity contribution is 7.98. The Labute approximate surface area is 171 Å². The summed E-state index contributed by atoms with van der Waals surface area (Å²) in [4.78, 5) is 20.9. The van der Waals surface area contributed by atoms with E-state index in [0.29, 0.717) is 22.2 Å². The van der Waals surface area contributed by atoms with Crippen molar-refractivity contribution in [2.75, 3.05) is 11.1 Å². The van der Waals surface area contributed by atoms with Gasteiger partial charge in [0.25, 0.3) is 5.91 Å². The number of halogens is 1. The van der Waals surface area contributed by atoms with E-state index < -0.39 is 0 Å². The van der Waals surface area contributed by atoms with E-state index in [9.17, 15) is 4.79 Å². The molecule has 1 amide bonds. The van der Waals surface area contributed by atoms with Gasteiger partial charge in [-0.2, -0.15) is 0 Å². The van der Waals surface area contributed by atoms with Gasteiger partial charge in [-0.25, -0.2) is 0 Å². The number of aromatic nitrogens is 2. The Hall–Kier alpha value is -2.96. The molecule has 4 rings (SSSR count). The van der Waals surface area contributed by atoms with Gasteiger partial charge in [-0.05, 0) is 35.9 Å². The summed E-state index contributed by atoms with van der Waals surface area (Å²) in [6, 6.07) is 16.8. The molecule has 7 heteroatoms. The quantitative estimate of drug-likeness (QED) is 0.389. The lowest BCUT2D eigenvalue weighted by Crippen LogP contribution is -2.13. The van der Waals surface area contributed by atoms with E-state index >= 15 is 0 Å². The lowest BCUT2D eigenvalue weighted by atomic mass is 10.2. The van der Waals surface area contributed by atoms with Gasteiger partial charge in [0.15, 0.2) is 0 Å². The lowest BCUT2D eigenvalue weighted by molar-refractivity contribution is 0.102. The summed E-state index contributed by atoms with van der Waals surface area (Å²) in [5.41, 5.74) is 9.72. The molecule has 0 spiro atoms. The van der Waals surface area contributed by atoms with Crippen molar-refractivity contribution in [3.63, 3.8) is 0 Å². The normalized spacial score (nSPS) is 10.9. The Balaban J connectivity index is 1.53. The molecule has 5 nitrogen and oxygen atoms in total. The zero-order valence-electron chi connectivity index (χ0n) is 14.8. The first-order chi connectivity index (χ1) is 13.6. The minimum Gasteiger partial charge on any atom is -0.398 e. The number of hydrogen-bond donors (Lipinski definition) is 3. The predicted octanol–water partition coefficient (Wildman–Crippen LogP) is 5.34. The van der Waals surface area contributed by atoms with Crippen LogP contribution in [0.25, 0.3) is 10.9 Å². The van der Waals surface area contributed by atoms with Crippen molar-refractivity contribution in [3.8, 4) is 0 Å². The van der Waals surface area contributed by atoms with Gasteiger partial charge in [-0.1, -0.05) is 35.9 Å². The van der Waals surface area contributed by atoms with Crippen molar-refractivity contribution in [2.45, 2.75) is 10.6 Å². The SMILES string of the molecule is Nc1ccncc1SCc1ccccc1NC(=O)c1cc2c(Cl)cccc2[nH]1. The molecule has 0 unspecified atom stereocenters. The third-order valence-electron chi connectivity index (χ3n) is 4.32. The molecule has 0 fully saturated rings. The summed E-state index contributed by atoms with van der Waals surface area (Å²) >= 11 is 7.78. The number of carbonyl (C=O) groups excluding carboxylic acids is 1. The largest absolute Gasteiger partial charge is 0.398 e. The average molecular weight is 409 g/mol. The molecule has 0 saturated carbocycles. The van der Waals surface area contributed by atoms with Crippen LogP contribution in [0.1, 0.15) is 16.1 Å². The zero-order valence-corrected chi connectivity index (χ0v) is 16.3. The van der Waals surface area contributed by atoms with E-state index in [1.165, 1.54) is 0 Å². The van der Waals surface area contributed by atoms with Crippen LogP contribution in [0.5, 0.6) is 0 Å². The Kier molecular flexibility index (Phi) is 5.23. The molecular formula is C21H17ClN4OS. The van der Waals surface area contributed by atoms with Crippen molar-refractivity contribution in [2.24, 2.45) is 0 Å². The van der Waals surface area contributed by atoms with Crippen LogP contribution in [0, 0.1) is 0 Å². The molecule has 140 valence electrons. The molecule has 0 aliphatic rings. The van der Waals surface area contributed by atoms with E-state index in [4.69, 9.17) is 17.3 Å². The fourth-order valence-corrected chi connectivity index (χ4v) is 4.03. The minimum absolute atomic E-state index is 0.217. The summed E-state index contributed by atoms with van der Waals surface area (Å²) in [7, 11) is 0. The number of carbonyl (C=O) groups is 1. The van der Waals surface area contributed by atoms with Crippen molar-refractivity contribution >= 4 is 51.5 Å². The summed E-state index contributed by atoms with van der Waals surface area (Å²) in [5.74, 6) is 0.441. The van der Waals surface area contributed by atoms with Crippen LogP contribution >= 0.6 is 23.4 Å². The zero-order chi connectivity index (χ0) is 19.5. The molecular weight excluding hydrogens is 392 g/mol. The number of fused-ring (bicyclic) bond motifs is 1. The van der Waals surface area contributed by atoms with E-state index in [2.05, 4.69) is 15.3 Å². The number of nitrogens with two attached hydrogens (primary N) is 1. The molecule has 0 saturated heterocycles. The molecule has 0 aliphatic carbocycles. The minimum atomic E-state index is -0.217. The van der Waals surface area contributed by atoms with Crippen LogP contribution in [0.4, 0.5) is 11.4 Å². The number of rotatable bonds is 5. The number of H-pyrrole nitrogens is 1. The number of benzene rings is 2. The van der Waals surface area contributed by atoms with Crippen LogP contribution in [-0.2, 0) is 5.75 Å². The number of para-hydroxylation sites is 1. The first kappa shape index (κ1) is 18.4. The Bertz CT molecular complexity index is 1160. The van der Waals surface area contributed by atoms with Crippen molar-refractivity contribution < 1.29 is 4.79 Å². The van der Waals surface area contributed by atoms with Crippen molar-refractivity contribution in [1.29, 1.82) is 0 Å². The van der Waals surface area contributed by atoms with Gasteiger partial charge in [-0.15, -0.1) is 11.8 Å². The van der Waals surface area contributed by atoms with E-state index in [-0.39, 0.29) is 5.91 Å². The second-order valence-corrected chi connectivity index (χ2v) is 7.62. The number of nitrogens with zero attached hydrogens (tertiary/aromatic N) is 1. The summed E-state index contributed by atoms with van der Waals surface area (Å²) in [6.07, 6.45) is 3.41. The molecule has 28 heavy (non-hydrogen) atoms. The third-order valence-corrected chi connectivity index (χ3v) is 5.76. The van der Waals surface area contributed by atoms with Gasteiger partial charge in [0.2, 0.25) is 0 Å². The Morgan fingerprint density at radius 2 is 2.04 bits per heavy atom. The Morgan fingerprint density at radius 3 is 2.86 bits per heavy atom. The highest BCUT2D eigenvalue weighted by Crippen LogP contribution is 2.30. The standard InChI is InChI=1S/C21H17ClN4OS/c22-15-5-3-7-18-14(15)10-19(25-18)21(27)26-17-6-2-1-4-13(17)12-28-20-11-24-9-8-16(20)23/h1-11,25H,12H2,(H2,23,24)(H,26,27). The van der Waals surface area contributed by atoms with Gasteiger partial charge < -0.3 is 16.0 Å². The molecule has 2 heterocycles. The third kappa shape index (κ3) is 3.83. The number of pyridine rings is 1. The highest BCUT2D eigenvalue weighted by Gasteiger charge is 2.13. The first-order valence-electron chi connectivity index (χ1n) is 8.60. The number of nitrogens with one attached hydrogen (secondary N) is 2. The van der Waals surface area contributed by atoms with Gasteiger partial charge in [0.05, 0.1) is 0 Å². The maximum Gasteiger partial charge on any atom is 0.272 e. The molecule has 2 aromatic heterocycles. The monoisotopic (exact) mass is 408 g/mol. The second kappa shape index (κ2) is 7.96. The number of nitrogen functional groups attached to an aromatic ring is 1.